The van der Waals surface area contributed by atoms with Crippen LogP contribution in [0.1, 0.15) is 67.3 Å². The summed E-state index contributed by atoms with van der Waals surface area (Å²) in [5.74, 6) is 0.595. The maximum atomic E-state index is 14.0. The minimum Gasteiger partial charge on any atom is -0.384 e. The molecule has 216 valence electrons. The zero-order valence-electron chi connectivity index (χ0n) is 24.6. The predicted octanol–water partition coefficient (Wildman–Crippen LogP) is 9.41. The lowest BCUT2D eigenvalue weighted by molar-refractivity contribution is -0.118. The van der Waals surface area contributed by atoms with Gasteiger partial charge in [0, 0.05) is 39.0 Å². The van der Waals surface area contributed by atoms with Crippen LogP contribution in [0.3, 0.4) is 0 Å². The molecule has 42 heavy (non-hydrogen) atoms. The predicted molar refractivity (Wildman–Crippen MR) is 175 cm³/mol. The number of allylic oxidation sites excluding steroid dienone is 3. The van der Waals surface area contributed by atoms with Crippen LogP contribution in [-0.2, 0) is 17.0 Å². The molecule has 3 aromatic rings. The zero-order chi connectivity index (χ0) is 30.3. The average Bonchev–Trinajstić information content (AvgIpc) is 2.94. The number of anilines is 1. The van der Waals surface area contributed by atoms with E-state index in [0.717, 1.165) is 45.0 Å². The number of halogens is 2. The molecule has 0 spiro atoms. The Balaban J connectivity index is 1.66. The molecule has 0 radical (unpaired) electrons. The van der Waals surface area contributed by atoms with Gasteiger partial charge in [-0.15, -0.1) is 11.8 Å². The second-order valence-electron chi connectivity index (χ2n) is 12.0. The van der Waals surface area contributed by atoms with E-state index in [1.54, 1.807) is 23.9 Å². The van der Waals surface area contributed by atoms with E-state index in [0.29, 0.717) is 45.6 Å². The van der Waals surface area contributed by atoms with E-state index >= 15 is 0 Å². The first-order valence-corrected chi connectivity index (χ1v) is 15.9. The summed E-state index contributed by atoms with van der Waals surface area (Å²) in [7, 11) is 0. The maximum absolute atomic E-state index is 14.0. The van der Waals surface area contributed by atoms with Crippen LogP contribution in [0.5, 0.6) is 0 Å². The molecule has 5 rings (SSSR count). The Morgan fingerprint density at radius 1 is 1.07 bits per heavy atom. The van der Waals surface area contributed by atoms with Crippen molar-refractivity contribution in [2.24, 2.45) is 11.1 Å². The van der Waals surface area contributed by atoms with Crippen LogP contribution < -0.4 is 10.6 Å². The van der Waals surface area contributed by atoms with E-state index in [2.05, 4.69) is 58.0 Å². The number of Topliss-reactive ketones (excluding diaryl/α,β-unsaturated/α-hetero) is 1. The van der Waals surface area contributed by atoms with Crippen LogP contribution in [0.25, 0.3) is 0 Å². The first kappa shape index (κ1) is 30.3. The Bertz CT molecular complexity index is 1680. The van der Waals surface area contributed by atoms with E-state index in [-0.39, 0.29) is 11.2 Å². The molecule has 3 aromatic carbocycles. The number of aryl methyl sites for hydroxylation is 2. The number of ketones is 1. The Kier molecular flexibility index (Phi) is 8.54. The minimum absolute atomic E-state index is 0.0734. The first-order valence-electron chi connectivity index (χ1n) is 14.2. The van der Waals surface area contributed by atoms with E-state index in [1.807, 2.05) is 30.0 Å². The van der Waals surface area contributed by atoms with Crippen LogP contribution in [0.2, 0.25) is 10.0 Å². The van der Waals surface area contributed by atoms with Gasteiger partial charge in [0.05, 0.1) is 22.6 Å². The monoisotopic (exact) mass is 615 g/mol. The fourth-order valence-electron chi connectivity index (χ4n) is 6.15. The molecule has 1 unspecified atom stereocenters. The largest absolute Gasteiger partial charge is 0.384 e. The standard InChI is InChI=1S/C35H35Cl2N3OS/c1-6-22-7-10-25(11-8-22)40-29-16-35(4,5)17-30(41)33(29)32(27(18-38)34(40)39)26-14-20(2)13-23(21(26)3)19-42-31-15-24(36)9-12-28(31)37/h7-15,32H,6,16-17,19,39H2,1-5H3. The molecule has 2 aliphatic rings. The third-order valence-electron chi connectivity index (χ3n) is 8.27. The maximum Gasteiger partial charge on any atom is 0.162 e. The Morgan fingerprint density at radius 3 is 2.45 bits per heavy atom. The summed E-state index contributed by atoms with van der Waals surface area (Å²) in [4.78, 5) is 16.9. The fraction of sp³-hybridized carbons (Fsp3) is 0.314. The van der Waals surface area contributed by atoms with E-state index < -0.39 is 5.92 Å². The minimum atomic E-state index is -0.529. The average molecular weight is 617 g/mol. The van der Waals surface area contributed by atoms with Gasteiger partial charge < -0.3 is 5.73 Å². The molecule has 7 heteroatoms. The SMILES string of the molecule is CCc1ccc(N2C(N)=C(C#N)C(c3cc(C)cc(CSc4cc(Cl)ccc4Cl)c3C)C3=C2CC(C)(C)CC3=O)cc1. The molecule has 0 saturated carbocycles. The normalized spacial score (nSPS) is 18.3. The highest BCUT2D eigenvalue weighted by Gasteiger charge is 2.45. The van der Waals surface area contributed by atoms with Crippen molar-refractivity contribution in [1.82, 2.24) is 0 Å². The quantitative estimate of drug-likeness (QED) is 0.280. The molecule has 0 bridgehead atoms. The lowest BCUT2D eigenvalue weighted by atomic mass is 9.68. The van der Waals surface area contributed by atoms with E-state index in [1.165, 1.54) is 5.56 Å². The number of carbonyl (C=O) groups excluding carboxylic acids is 1. The summed E-state index contributed by atoms with van der Waals surface area (Å²) < 4.78 is 0. The fourth-order valence-corrected chi connectivity index (χ4v) is 7.70. The lowest BCUT2D eigenvalue weighted by Crippen LogP contribution is -2.42. The van der Waals surface area contributed by atoms with Crippen molar-refractivity contribution in [3.05, 3.63) is 115 Å². The van der Waals surface area contributed by atoms with Crippen LogP contribution in [0, 0.1) is 30.6 Å². The Labute approximate surface area is 263 Å². The molecule has 0 amide bonds. The van der Waals surface area contributed by atoms with Gasteiger partial charge in [-0.05, 0) is 84.7 Å². The summed E-state index contributed by atoms with van der Waals surface area (Å²) in [5, 5.41) is 11.9. The topological polar surface area (TPSA) is 70.1 Å². The Hall–Kier alpha value is -3.17. The third-order valence-corrected chi connectivity index (χ3v) is 10.1. The van der Waals surface area contributed by atoms with Gasteiger partial charge in [-0.1, -0.05) is 73.8 Å². The second-order valence-corrected chi connectivity index (χ2v) is 13.9. The van der Waals surface area contributed by atoms with Gasteiger partial charge in [0.1, 0.15) is 5.82 Å². The summed E-state index contributed by atoms with van der Waals surface area (Å²) in [5.41, 5.74) is 14.9. The van der Waals surface area contributed by atoms with Gasteiger partial charge in [-0.25, -0.2) is 0 Å². The number of rotatable bonds is 6. The highest BCUT2D eigenvalue weighted by atomic mass is 35.5. The van der Waals surface area contributed by atoms with Gasteiger partial charge >= 0.3 is 0 Å². The number of hydrogen-bond acceptors (Lipinski definition) is 5. The van der Waals surface area contributed by atoms with Crippen molar-refractivity contribution in [3.63, 3.8) is 0 Å². The summed E-state index contributed by atoms with van der Waals surface area (Å²) in [6.45, 7) is 10.5. The molecule has 0 aromatic heterocycles. The highest BCUT2D eigenvalue weighted by Crippen LogP contribution is 2.51. The number of nitriles is 1. The highest BCUT2D eigenvalue weighted by molar-refractivity contribution is 7.98. The second kappa shape index (κ2) is 11.8. The smallest absolute Gasteiger partial charge is 0.162 e. The van der Waals surface area contributed by atoms with Crippen LogP contribution in [0.4, 0.5) is 5.69 Å². The van der Waals surface area contributed by atoms with Crippen LogP contribution in [-0.4, -0.2) is 5.78 Å². The van der Waals surface area contributed by atoms with Crippen molar-refractivity contribution >= 4 is 46.4 Å². The molecular formula is C35H35Cl2N3OS. The van der Waals surface area contributed by atoms with Gasteiger partial charge in [0.25, 0.3) is 0 Å². The van der Waals surface area contributed by atoms with Crippen LogP contribution >= 0.6 is 35.0 Å². The summed E-state index contributed by atoms with van der Waals surface area (Å²) in [6, 6.07) is 20.4. The van der Waals surface area contributed by atoms with Crippen molar-refractivity contribution in [1.29, 1.82) is 5.26 Å². The number of thioether (sulfide) groups is 1. The van der Waals surface area contributed by atoms with E-state index in [4.69, 9.17) is 28.9 Å². The molecule has 1 aliphatic heterocycles. The van der Waals surface area contributed by atoms with Crippen molar-refractivity contribution in [2.45, 2.75) is 70.4 Å². The zero-order valence-corrected chi connectivity index (χ0v) is 27.0. The van der Waals surface area contributed by atoms with Gasteiger partial charge in [0.2, 0.25) is 0 Å². The number of nitrogens with two attached hydrogens (primary N) is 1. The molecule has 1 atom stereocenters. The van der Waals surface area contributed by atoms with Gasteiger partial charge in [-0.3, -0.25) is 9.69 Å². The Morgan fingerprint density at radius 2 is 1.79 bits per heavy atom. The molecule has 0 saturated heterocycles. The van der Waals surface area contributed by atoms with E-state index in [9.17, 15) is 10.1 Å². The number of benzene rings is 3. The molecule has 1 aliphatic carbocycles. The van der Waals surface area contributed by atoms with Gasteiger partial charge in [-0.2, -0.15) is 5.26 Å². The molecular weight excluding hydrogens is 581 g/mol. The number of hydrogen-bond donors (Lipinski definition) is 1. The number of carbonyl (C=O) groups is 1. The third kappa shape index (κ3) is 5.73. The molecule has 2 N–H and O–H groups in total. The molecule has 1 heterocycles. The number of nitrogens with zero attached hydrogens (tertiary/aromatic N) is 2. The summed E-state index contributed by atoms with van der Waals surface area (Å²) >= 11 is 14.3. The van der Waals surface area contributed by atoms with Crippen molar-refractivity contribution in [2.75, 3.05) is 4.90 Å². The van der Waals surface area contributed by atoms with Crippen molar-refractivity contribution in [3.8, 4) is 6.07 Å². The first-order chi connectivity index (χ1) is 19.9. The van der Waals surface area contributed by atoms with Crippen molar-refractivity contribution < 1.29 is 4.79 Å². The van der Waals surface area contributed by atoms with Gasteiger partial charge in [0.15, 0.2) is 5.78 Å². The lowest BCUT2D eigenvalue weighted by Gasteiger charge is -2.44. The molecule has 0 fully saturated rings. The summed E-state index contributed by atoms with van der Waals surface area (Å²) in [6.07, 6.45) is 2.03. The van der Waals surface area contributed by atoms with Crippen LogP contribution in [0.15, 0.2) is 82.2 Å². The molecule has 4 nitrogen and oxygen atoms in total.